The van der Waals surface area contributed by atoms with Crippen LogP contribution in [0.2, 0.25) is 0 Å². The second kappa shape index (κ2) is 8.30. The van der Waals surface area contributed by atoms with Crippen molar-refractivity contribution >= 4 is 23.8 Å². The van der Waals surface area contributed by atoms with E-state index in [0.29, 0.717) is 6.54 Å². The molecule has 3 atom stereocenters. The second-order valence-electron chi connectivity index (χ2n) is 5.17. The number of aliphatic carboxylic acids is 1. The topological polar surface area (TPSA) is 78.4 Å². The number of nitrogens with one attached hydrogen (secondary N) is 2. The van der Waals surface area contributed by atoms with Crippen LogP contribution in [0.4, 0.5) is 4.79 Å². The van der Waals surface area contributed by atoms with Crippen LogP contribution in [-0.2, 0) is 4.79 Å². The number of carbonyl (C=O) groups excluding carboxylic acids is 1. The summed E-state index contributed by atoms with van der Waals surface area (Å²) in [5.41, 5.74) is 0. The van der Waals surface area contributed by atoms with E-state index in [4.69, 9.17) is 5.11 Å². The fraction of sp³-hybridized carbons (Fsp3) is 0.846. The van der Waals surface area contributed by atoms with Crippen LogP contribution in [0.25, 0.3) is 0 Å². The molecule has 2 amide bonds. The third-order valence-corrected chi connectivity index (χ3v) is 4.28. The van der Waals surface area contributed by atoms with E-state index in [2.05, 4.69) is 10.6 Å². The van der Waals surface area contributed by atoms with E-state index in [1.807, 2.05) is 13.2 Å². The van der Waals surface area contributed by atoms with Gasteiger partial charge in [0, 0.05) is 12.6 Å². The van der Waals surface area contributed by atoms with Crippen molar-refractivity contribution in [2.24, 2.45) is 11.8 Å². The molecule has 0 bridgehead atoms. The van der Waals surface area contributed by atoms with E-state index in [-0.39, 0.29) is 23.9 Å². The number of urea groups is 1. The van der Waals surface area contributed by atoms with Crippen LogP contribution in [0, 0.1) is 11.8 Å². The zero-order chi connectivity index (χ0) is 14.3. The average Bonchev–Trinajstić information content (AvgIpc) is 2.82. The molecule has 0 radical (unpaired) electrons. The smallest absolute Gasteiger partial charge is 0.315 e. The van der Waals surface area contributed by atoms with Gasteiger partial charge in [0.2, 0.25) is 0 Å². The Morgan fingerprint density at radius 3 is 2.79 bits per heavy atom. The van der Waals surface area contributed by atoms with E-state index in [0.717, 1.165) is 31.4 Å². The monoisotopic (exact) mass is 288 g/mol. The van der Waals surface area contributed by atoms with Crippen molar-refractivity contribution in [1.29, 1.82) is 0 Å². The Morgan fingerprint density at radius 1 is 1.42 bits per heavy atom. The number of hydrogen-bond acceptors (Lipinski definition) is 3. The first kappa shape index (κ1) is 16.1. The summed E-state index contributed by atoms with van der Waals surface area (Å²) in [4.78, 5) is 22.7. The minimum atomic E-state index is -0.738. The normalized spacial score (nSPS) is 23.9. The van der Waals surface area contributed by atoms with Crippen LogP contribution in [0.5, 0.6) is 0 Å². The summed E-state index contributed by atoms with van der Waals surface area (Å²) in [5.74, 6) is 0.0579. The predicted molar refractivity (Wildman–Crippen MR) is 77.5 cm³/mol. The van der Waals surface area contributed by atoms with Crippen molar-refractivity contribution in [1.82, 2.24) is 10.6 Å². The molecule has 0 aromatic rings. The van der Waals surface area contributed by atoms with Crippen LogP contribution in [0.3, 0.4) is 0 Å². The van der Waals surface area contributed by atoms with Gasteiger partial charge in [-0.15, -0.1) is 0 Å². The van der Waals surface area contributed by atoms with Crippen molar-refractivity contribution in [3.8, 4) is 0 Å². The van der Waals surface area contributed by atoms with Crippen molar-refractivity contribution < 1.29 is 14.7 Å². The van der Waals surface area contributed by atoms with Crippen LogP contribution < -0.4 is 10.6 Å². The first-order valence-corrected chi connectivity index (χ1v) is 8.20. The minimum absolute atomic E-state index is 0.0738. The molecule has 3 N–H and O–H groups in total. The molecule has 1 aliphatic rings. The zero-order valence-corrected chi connectivity index (χ0v) is 12.5. The quantitative estimate of drug-likeness (QED) is 0.669. The Hall–Kier alpha value is -0.910. The molecule has 1 aliphatic carbocycles. The van der Waals surface area contributed by atoms with Gasteiger partial charge in [0.05, 0.1) is 5.92 Å². The highest BCUT2D eigenvalue weighted by Crippen LogP contribution is 2.31. The lowest BCUT2D eigenvalue weighted by molar-refractivity contribution is -0.142. The Labute approximate surface area is 118 Å². The summed E-state index contributed by atoms with van der Waals surface area (Å²) in [6.45, 7) is 2.43. The maximum Gasteiger partial charge on any atom is 0.315 e. The predicted octanol–water partition coefficient (Wildman–Crippen LogP) is 1.93. The largest absolute Gasteiger partial charge is 0.481 e. The lowest BCUT2D eigenvalue weighted by atomic mass is 9.96. The highest BCUT2D eigenvalue weighted by atomic mass is 32.2. The highest BCUT2D eigenvalue weighted by Gasteiger charge is 2.32. The van der Waals surface area contributed by atoms with Gasteiger partial charge in [0.25, 0.3) is 0 Å². The molecule has 6 heteroatoms. The molecule has 0 heterocycles. The van der Waals surface area contributed by atoms with Crippen LogP contribution in [0.1, 0.15) is 32.6 Å². The summed E-state index contributed by atoms with van der Waals surface area (Å²) < 4.78 is 0. The number of rotatable bonds is 7. The molecule has 110 valence electrons. The van der Waals surface area contributed by atoms with Gasteiger partial charge < -0.3 is 15.7 Å². The Kier molecular flexibility index (Phi) is 7.05. The molecule has 0 saturated heterocycles. The van der Waals surface area contributed by atoms with Gasteiger partial charge in [-0.1, -0.05) is 6.42 Å². The number of thioether (sulfide) groups is 1. The summed E-state index contributed by atoms with van der Waals surface area (Å²) in [7, 11) is 0. The lowest BCUT2D eigenvalue weighted by Gasteiger charge is -2.18. The minimum Gasteiger partial charge on any atom is -0.481 e. The molecule has 0 aromatic carbocycles. The van der Waals surface area contributed by atoms with E-state index >= 15 is 0 Å². The molecule has 0 aliphatic heterocycles. The van der Waals surface area contributed by atoms with Crippen molar-refractivity contribution in [2.45, 2.75) is 38.6 Å². The lowest BCUT2D eigenvalue weighted by Crippen LogP contribution is -2.43. The van der Waals surface area contributed by atoms with Crippen LogP contribution in [-0.4, -0.2) is 41.7 Å². The van der Waals surface area contributed by atoms with Crippen molar-refractivity contribution in [3.05, 3.63) is 0 Å². The number of carbonyl (C=O) groups is 2. The van der Waals surface area contributed by atoms with Gasteiger partial charge in [-0.25, -0.2) is 4.79 Å². The highest BCUT2D eigenvalue weighted by molar-refractivity contribution is 7.98. The average molecular weight is 288 g/mol. The van der Waals surface area contributed by atoms with E-state index in [9.17, 15) is 9.59 Å². The summed E-state index contributed by atoms with van der Waals surface area (Å²) in [6, 6.07) is -0.0454. The first-order chi connectivity index (χ1) is 9.04. The molecular weight excluding hydrogens is 264 g/mol. The van der Waals surface area contributed by atoms with E-state index in [1.54, 1.807) is 11.8 Å². The number of carboxylic acids is 1. The van der Waals surface area contributed by atoms with E-state index < -0.39 is 5.97 Å². The molecule has 1 saturated carbocycles. The van der Waals surface area contributed by atoms with Gasteiger partial charge in [-0.2, -0.15) is 11.8 Å². The third-order valence-electron chi connectivity index (χ3n) is 3.63. The van der Waals surface area contributed by atoms with Crippen LogP contribution in [0.15, 0.2) is 0 Å². The molecular formula is C13H24N2O3S. The summed E-state index contributed by atoms with van der Waals surface area (Å²) >= 11 is 1.76. The summed E-state index contributed by atoms with van der Waals surface area (Å²) in [6.07, 6.45) is 5.54. The molecule has 5 nitrogen and oxygen atoms in total. The Morgan fingerprint density at radius 2 is 2.16 bits per heavy atom. The molecule has 1 fully saturated rings. The Balaban J connectivity index is 2.24. The molecule has 0 aromatic heterocycles. The van der Waals surface area contributed by atoms with E-state index in [1.165, 1.54) is 0 Å². The fourth-order valence-electron chi connectivity index (χ4n) is 2.47. The number of hydrogen-bond donors (Lipinski definition) is 3. The first-order valence-electron chi connectivity index (χ1n) is 6.80. The third kappa shape index (κ3) is 5.72. The second-order valence-corrected chi connectivity index (χ2v) is 6.16. The van der Waals surface area contributed by atoms with Crippen molar-refractivity contribution in [3.63, 3.8) is 0 Å². The zero-order valence-electron chi connectivity index (χ0n) is 11.6. The molecule has 19 heavy (non-hydrogen) atoms. The number of amides is 2. The Bertz CT molecular complexity index is 312. The fourth-order valence-corrected chi connectivity index (χ4v) is 3.06. The molecule has 1 rings (SSSR count). The molecule has 0 spiro atoms. The van der Waals surface area contributed by atoms with Gasteiger partial charge in [0.1, 0.15) is 0 Å². The number of carboxylic acid groups (broad SMARTS) is 1. The van der Waals surface area contributed by atoms with Gasteiger partial charge >= 0.3 is 12.0 Å². The molecule has 3 unspecified atom stereocenters. The van der Waals surface area contributed by atoms with Crippen LogP contribution >= 0.6 is 11.8 Å². The van der Waals surface area contributed by atoms with Gasteiger partial charge in [0.15, 0.2) is 0 Å². The maximum absolute atomic E-state index is 11.7. The van der Waals surface area contributed by atoms with Gasteiger partial charge in [-0.05, 0) is 44.1 Å². The van der Waals surface area contributed by atoms with Gasteiger partial charge in [-0.3, -0.25) is 4.79 Å². The maximum atomic E-state index is 11.7. The van der Waals surface area contributed by atoms with Crippen molar-refractivity contribution in [2.75, 3.05) is 18.6 Å². The SMILES string of the molecule is CSCCC(C)NC(=O)NCC1CCCC1C(=O)O. The summed E-state index contributed by atoms with van der Waals surface area (Å²) in [5, 5.41) is 14.7. The standard InChI is InChI=1S/C13H24N2O3S/c1-9(6-7-19-2)15-13(18)14-8-10-4-3-5-11(10)12(16)17/h9-11H,3-8H2,1-2H3,(H,16,17)(H2,14,15,18).